The molecule has 4 nitrogen and oxygen atoms in total. The Morgan fingerprint density at radius 1 is 1.33 bits per heavy atom. The molecule has 0 aliphatic carbocycles. The van der Waals surface area contributed by atoms with Crippen LogP contribution in [0.3, 0.4) is 0 Å². The lowest BCUT2D eigenvalue weighted by atomic mass is 10.2. The average Bonchev–Trinajstić information content (AvgIpc) is 2.38. The third-order valence-corrected chi connectivity index (χ3v) is 2.61. The second-order valence-electron chi connectivity index (χ2n) is 4.15. The molecule has 0 atom stereocenters. The van der Waals surface area contributed by atoms with Crippen LogP contribution >= 0.6 is 0 Å². The molecule has 0 N–H and O–H groups in total. The predicted octanol–water partition coefficient (Wildman–Crippen LogP) is 1.90. The van der Waals surface area contributed by atoms with Gasteiger partial charge in [0.25, 0.3) is 0 Å². The van der Waals surface area contributed by atoms with Crippen molar-refractivity contribution in [2.75, 3.05) is 26.2 Å². The highest BCUT2D eigenvalue weighted by molar-refractivity contribution is 5.71. The Morgan fingerprint density at radius 2 is 2.17 bits per heavy atom. The van der Waals surface area contributed by atoms with Crippen LogP contribution < -0.4 is 0 Å². The van der Waals surface area contributed by atoms with Crippen molar-refractivity contribution in [2.45, 2.75) is 26.7 Å². The topological polar surface area (TPSA) is 42.4 Å². The summed E-state index contributed by atoms with van der Waals surface area (Å²) >= 11 is 0. The first-order valence-corrected chi connectivity index (χ1v) is 6.54. The number of rotatable bonds is 8. The van der Waals surface area contributed by atoms with E-state index >= 15 is 0 Å². The number of esters is 1. The molecule has 0 saturated carbocycles. The molecular formula is C14H22N2O2. The fourth-order valence-corrected chi connectivity index (χ4v) is 1.79. The largest absolute Gasteiger partial charge is 0.465 e. The molecule has 18 heavy (non-hydrogen) atoms. The Labute approximate surface area is 109 Å². The number of hydrogen-bond acceptors (Lipinski definition) is 4. The third-order valence-electron chi connectivity index (χ3n) is 2.61. The summed E-state index contributed by atoms with van der Waals surface area (Å²) in [4.78, 5) is 17.9. The van der Waals surface area contributed by atoms with Gasteiger partial charge in [0.05, 0.1) is 13.2 Å². The van der Waals surface area contributed by atoms with Gasteiger partial charge in [0.2, 0.25) is 0 Å². The first kappa shape index (κ1) is 14.6. The van der Waals surface area contributed by atoms with E-state index < -0.39 is 0 Å². The Balaban J connectivity index is 2.40. The van der Waals surface area contributed by atoms with Gasteiger partial charge in [-0.1, -0.05) is 13.0 Å². The Hall–Kier alpha value is -1.42. The summed E-state index contributed by atoms with van der Waals surface area (Å²) in [7, 11) is 0. The fourth-order valence-electron chi connectivity index (χ4n) is 1.79. The number of carbonyl (C=O) groups is 1. The number of hydrogen-bond donors (Lipinski definition) is 0. The van der Waals surface area contributed by atoms with Crippen molar-refractivity contribution < 1.29 is 9.53 Å². The lowest BCUT2D eigenvalue weighted by molar-refractivity contribution is -0.144. The molecule has 0 radical (unpaired) electrons. The SMILES string of the molecule is CCCN(CCc1ccccn1)CC(=O)OCC. The lowest BCUT2D eigenvalue weighted by Gasteiger charge is -2.20. The number of ether oxygens (including phenoxy) is 1. The van der Waals surface area contributed by atoms with Crippen LogP contribution in [-0.4, -0.2) is 42.1 Å². The molecule has 0 unspecified atom stereocenters. The Bertz CT molecular complexity index is 341. The van der Waals surface area contributed by atoms with Crippen LogP contribution in [0.15, 0.2) is 24.4 Å². The van der Waals surface area contributed by atoms with Crippen LogP contribution in [0.4, 0.5) is 0 Å². The van der Waals surface area contributed by atoms with E-state index in [1.165, 1.54) is 0 Å². The zero-order chi connectivity index (χ0) is 13.2. The van der Waals surface area contributed by atoms with Crippen LogP contribution in [0.5, 0.6) is 0 Å². The van der Waals surface area contributed by atoms with Crippen molar-refractivity contribution in [3.63, 3.8) is 0 Å². The van der Waals surface area contributed by atoms with E-state index in [1.54, 1.807) is 6.20 Å². The maximum atomic E-state index is 11.5. The second-order valence-corrected chi connectivity index (χ2v) is 4.15. The molecule has 0 aliphatic heterocycles. The van der Waals surface area contributed by atoms with E-state index in [2.05, 4.69) is 16.8 Å². The van der Waals surface area contributed by atoms with Gasteiger partial charge in [0.1, 0.15) is 0 Å². The second kappa shape index (κ2) is 8.64. The predicted molar refractivity (Wildman–Crippen MR) is 71.3 cm³/mol. The number of aromatic nitrogens is 1. The summed E-state index contributed by atoms with van der Waals surface area (Å²) in [6.45, 7) is 6.50. The van der Waals surface area contributed by atoms with Crippen molar-refractivity contribution in [3.8, 4) is 0 Å². The van der Waals surface area contributed by atoms with E-state index in [9.17, 15) is 4.79 Å². The third kappa shape index (κ3) is 5.77. The molecular weight excluding hydrogens is 228 g/mol. The van der Waals surface area contributed by atoms with Crippen molar-refractivity contribution in [1.29, 1.82) is 0 Å². The fraction of sp³-hybridized carbons (Fsp3) is 0.571. The van der Waals surface area contributed by atoms with Gasteiger partial charge in [0, 0.05) is 24.9 Å². The average molecular weight is 250 g/mol. The van der Waals surface area contributed by atoms with Crippen LogP contribution in [0.25, 0.3) is 0 Å². The highest BCUT2D eigenvalue weighted by Gasteiger charge is 2.10. The van der Waals surface area contributed by atoms with E-state index in [0.717, 1.165) is 31.6 Å². The van der Waals surface area contributed by atoms with Crippen molar-refractivity contribution in [3.05, 3.63) is 30.1 Å². The molecule has 0 amide bonds. The molecule has 1 aromatic rings. The van der Waals surface area contributed by atoms with Gasteiger partial charge in [-0.15, -0.1) is 0 Å². The molecule has 1 heterocycles. The maximum absolute atomic E-state index is 11.5. The first-order valence-electron chi connectivity index (χ1n) is 6.54. The van der Waals surface area contributed by atoms with E-state index in [1.807, 2.05) is 25.1 Å². The minimum absolute atomic E-state index is 0.146. The smallest absolute Gasteiger partial charge is 0.320 e. The molecule has 1 aromatic heterocycles. The van der Waals surface area contributed by atoms with E-state index in [0.29, 0.717) is 13.2 Å². The minimum Gasteiger partial charge on any atom is -0.465 e. The van der Waals surface area contributed by atoms with Crippen LogP contribution in [0, 0.1) is 0 Å². The van der Waals surface area contributed by atoms with Crippen molar-refractivity contribution >= 4 is 5.97 Å². The highest BCUT2D eigenvalue weighted by atomic mass is 16.5. The molecule has 0 aliphatic rings. The number of nitrogens with zero attached hydrogens (tertiary/aromatic N) is 2. The van der Waals surface area contributed by atoms with E-state index in [-0.39, 0.29) is 5.97 Å². The zero-order valence-electron chi connectivity index (χ0n) is 11.3. The monoisotopic (exact) mass is 250 g/mol. The highest BCUT2D eigenvalue weighted by Crippen LogP contribution is 1.99. The van der Waals surface area contributed by atoms with Gasteiger partial charge in [0.15, 0.2) is 0 Å². The summed E-state index contributed by atoms with van der Waals surface area (Å²) in [5, 5.41) is 0. The van der Waals surface area contributed by atoms with Gasteiger partial charge >= 0.3 is 5.97 Å². The van der Waals surface area contributed by atoms with Crippen molar-refractivity contribution in [2.24, 2.45) is 0 Å². The molecule has 0 aromatic carbocycles. The Morgan fingerprint density at radius 3 is 2.78 bits per heavy atom. The van der Waals surface area contributed by atoms with Crippen molar-refractivity contribution in [1.82, 2.24) is 9.88 Å². The summed E-state index contributed by atoms with van der Waals surface area (Å²) < 4.78 is 4.97. The zero-order valence-corrected chi connectivity index (χ0v) is 11.3. The van der Waals surface area contributed by atoms with Crippen LogP contribution in [0.2, 0.25) is 0 Å². The van der Waals surface area contributed by atoms with E-state index in [4.69, 9.17) is 4.74 Å². The summed E-state index contributed by atoms with van der Waals surface area (Å²) in [5.74, 6) is -0.146. The van der Waals surface area contributed by atoms with Crippen LogP contribution in [-0.2, 0) is 16.0 Å². The Kier molecular flexibility index (Phi) is 7.03. The molecule has 0 fully saturated rings. The lowest BCUT2D eigenvalue weighted by Crippen LogP contribution is -2.33. The molecule has 4 heteroatoms. The minimum atomic E-state index is -0.146. The quantitative estimate of drug-likeness (QED) is 0.661. The standard InChI is InChI=1S/C14H22N2O2/c1-3-10-16(12-14(17)18-4-2)11-8-13-7-5-6-9-15-13/h5-7,9H,3-4,8,10-12H2,1-2H3. The van der Waals surface area contributed by atoms with Gasteiger partial charge in [-0.2, -0.15) is 0 Å². The molecule has 1 rings (SSSR count). The summed E-state index contributed by atoms with van der Waals surface area (Å²) in [6, 6.07) is 5.90. The number of pyridine rings is 1. The maximum Gasteiger partial charge on any atom is 0.320 e. The normalized spacial score (nSPS) is 10.6. The van der Waals surface area contributed by atoms with Gasteiger partial charge in [-0.05, 0) is 32.0 Å². The molecule has 0 saturated heterocycles. The first-order chi connectivity index (χ1) is 8.76. The van der Waals surface area contributed by atoms with Gasteiger partial charge in [-0.3, -0.25) is 14.7 Å². The molecule has 0 bridgehead atoms. The van der Waals surface area contributed by atoms with Gasteiger partial charge < -0.3 is 4.74 Å². The summed E-state index contributed by atoms with van der Waals surface area (Å²) in [6.07, 6.45) is 3.69. The summed E-state index contributed by atoms with van der Waals surface area (Å²) in [5.41, 5.74) is 1.06. The molecule has 100 valence electrons. The number of carbonyl (C=O) groups excluding carboxylic acids is 1. The van der Waals surface area contributed by atoms with Crippen LogP contribution in [0.1, 0.15) is 26.0 Å². The van der Waals surface area contributed by atoms with Gasteiger partial charge in [-0.25, -0.2) is 0 Å². The molecule has 0 spiro atoms.